The molecule has 3 heterocycles. The first-order valence-corrected chi connectivity index (χ1v) is 13.8. The third-order valence-electron chi connectivity index (χ3n) is 7.56. The van der Waals surface area contributed by atoms with Crippen LogP contribution in [-0.2, 0) is 22.5 Å². The molecule has 0 aliphatic carbocycles. The number of hydrogen-bond donors (Lipinski definition) is 2. The predicted octanol–water partition coefficient (Wildman–Crippen LogP) is 4.38. The van der Waals surface area contributed by atoms with Crippen molar-refractivity contribution in [2.45, 2.75) is 50.6 Å². The number of aromatic nitrogens is 3. The van der Waals surface area contributed by atoms with Gasteiger partial charge in [0, 0.05) is 63.5 Å². The number of benzene rings is 2. The Kier molecular flexibility index (Phi) is 8.54. The van der Waals surface area contributed by atoms with Crippen LogP contribution in [0.1, 0.15) is 43.0 Å². The zero-order valence-corrected chi connectivity index (χ0v) is 22.6. The Morgan fingerprint density at radius 2 is 1.90 bits per heavy atom. The van der Waals surface area contributed by atoms with Crippen LogP contribution in [0.5, 0.6) is 0 Å². The van der Waals surface area contributed by atoms with Gasteiger partial charge in [0.25, 0.3) is 0 Å². The Morgan fingerprint density at radius 3 is 2.67 bits per heavy atom. The highest BCUT2D eigenvalue weighted by Crippen LogP contribution is 2.30. The number of nitrogen functional groups attached to an aromatic ring is 1. The van der Waals surface area contributed by atoms with Gasteiger partial charge in [-0.2, -0.15) is 0 Å². The summed E-state index contributed by atoms with van der Waals surface area (Å²) in [6.07, 6.45) is 5.67. The van der Waals surface area contributed by atoms with Crippen LogP contribution in [-0.4, -0.2) is 58.2 Å². The lowest BCUT2D eigenvalue weighted by Crippen LogP contribution is -2.42. The lowest BCUT2D eigenvalue weighted by Gasteiger charge is -2.33. The van der Waals surface area contributed by atoms with Crippen LogP contribution in [0.2, 0.25) is 0 Å². The van der Waals surface area contributed by atoms with Crippen LogP contribution < -0.4 is 11.5 Å². The van der Waals surface area contributed by atoms with Gasteiger partial charge in [-0.05, 0) is 61.1 Å². The zero-order valence-electron chi connectivity index (χ0n) is 22.6. The van der Waals surface area contributed by atoms with Crippen LogP contribution in [0, 0.1) is 0 Å². The first-order chi connectivity index (χ1) is 19.0. The van der Waals surface area contributed by atoms with E-state index in [0.29, 0.717) is 31.8 Å². The highest BCUT2D eigenvalue weighted by atomic mass is 16.5. The minimum atomic E-state index is -0.236. The molecule has 4 aromatic rings. The van der Waals surface area contributed by atoms with E-state index in [1.165, 1.54) is 0 Å². The van der Waals surface area contributed by atoms with E-state index in [0.717, 1.165) is 65.9 Å². The molecule has 2 atom stereocenters. The number of para-hydroxylation sites is 2. The Balaban J connectivity index is 1.21. The normalized spacial score (nSPS) is 16.5. The molecular weight excluding hydrogens is 488 g/mol. The van der Waals surface area contributed by atoms with E-state index in [1.54, 1.807) is 19.4 Å². The molecule has 1 aliphatic rings. The lowest BCUT2D eigenvalue weighted by atomic mass is 9.95. The minimum absolute atomic E-state index is 0.124. The maximum Gasteiger partial charge on any atom is 0.224 e. The summed E-state index contributed by atoms with van der Waals surface area (Å²) < 4.78 is 7.61. The number of carbonyl (C=O) groups excluding carboxylic acids is 1. The van der Waals surface area contributed by atoms with Crippen molar-refractivity contribution in [2.75, 3.05) is 32.5 Å². The molecular formula is C31H38N6O2. The molecule has 5 rings (SSSR count). The SMILES string of the molecule is COCCCn1c([C@@H]2CCCN(C(=O)C[C@H](N)Cc3ccc(-c4ccc(N)nc4)cc3)C2)nc2ccccc21. The molecule has 4 N–H and O–H groups in total. The number of hydrogen-bond acceptors (Lipinski definition) is 6. The number of nitrogens with zero attached hydrogens (tertiary/aromatic N) is 4. The molecule has 2 aromatic carbocycles. The number of aryl methyl sites for hydroxylation is 1. The molecule has 0 saturated carbocycles. The van der Waals surface area contributed by atoms with Crippen molar-refractivity contribution in [3.05, 3.63) is 78.2 Å². The third kappa shape index (κ3) is 6.46. The summed E-state index contributed by atoms with van der Waals surface area (Å²) >= 11 is 0. The molecule has 1 amide bonds. The molecule has 2 aromatic heterocycles. The lowest BCUT2D eigenvalue weighted by molar-refractivity contribution is -0.132. The van der Waals surface area contributed by atoms with E-state index >= 15 is 0 Å². The molecule has 0 bridgehead atoms. The van der Waals surface area contributed by atoms with E-state index in [4.69, 9.17) is 21.2 Å². The quantitative estimate of drug-likeness (QED) is 0.297. The van der Waals surface area contributed by atoms with Gasteiger partial charge >= 0.3 is 0 Å². The largest absolute Gasteiger partial charge is 0.385 e. The number of anilines is 1. The number of likely N-dealkylation sites (tertiary alicyclic amines) is 1. The number of imidazole rings is 1. The van der Waals surface area contributed by atoms with E-state index < -0.39 is 0 Å². The smallest absolute Gasteiger partial charge is 0.224 e. The summed E-state index contributed by atoms with van der Waals surface area (Å²) in [5.74, 6) is 1.92. The first kappa shape index (κ1) is 26.8. The Morgan fingerprint density at radius 1 is 1.10 bits per heavy atom. The number of fused-ring (bicyclic) bond motifs is 1. The molecule has 0 spiro atoms. The number of rotatable bonds is 10. The molecule has 1 aliphatic heterocycles. The molecule has 0 unspecified atom stereocenters. The summed E-state index contributed by atoms with van der Waals surface area (Å²) in [7, 11) is 1.73. The number of amides is 1. The fourth-order valence-electron chi connectivity index (χ4n) is 5.56. The topological polar surface area (TPSA) is 112 Å². The van der Waals surface area contributed by atoms with Crippen molar-refractivity contribution in [1.29, 1.82) is 0 Å². The Labute approximate surface area is 230 Å². The number of nitrogens with two attached hydrogens (primary N) is 2. The van der Waals surface area contributed by atoms with Crippen molar-refractivity contribution in [3.63, 3.8) is 0 Å². The van der Waals surface area contributed by atoms with E-state index in [1.807, 2.05) is 17.0 Å². The molecule has 8 heteroatoms. The highest BCUT2D eigenvalue weighted by molar-refractivity contribution is 5.78. The average Bonchev–Trinajstić information content (AvgIpc) is 3.33. The van der Waals surface area contributed by atoms with E-state index in [2.05, 4.69) is 52.0 Å². The first-order valence-electron chi connectivity index (χ1n) is 13.8. The number of carbonyl (C=O) groups is 1. The van der Waals surface area contributed by atoms with Crippen molar-refractivity contribution in [2.24, 2.45) is 5.73 Å². The second kappa shape index (κ2) is 12.4. The van der Waals surface area contributed by atoms with Gasteiger partial charge in [0.2, 0.25) is 5.91 Å². The van der Waals surface area contributed by atoms with Crippen LogP contribution in [0.25, 0.3) is 22.2 Å². The summed E-state index contributed by atoms with van der Waals surface area (Å²) in [4.78, 5) is 24.5. The Hall–Kier alpha value is -3.75. The summed E-state index contributed by atoms with van der Waals surface area (Å²) in [5, 5.41) is 0. The monoisotopic (exact) mass is 526 g/mol. The standard InChI is InChI=1S/C31H38N6O2/c1-39-17-5-16-37-28-8-3-2-7-27(28)35-31(37)25-6-4-15-36(21-25)30(38)19-26(32)18-22-9-11-23(12-10-22)24-13-14-29(33)34-20-24/h2-3,7-14,20,25-26H,4-6,15-19,21,32H2,1H3,(H2,33,34)/t25-,26-/m1/s1. The van der Waals surface area contributed by atoms with Gasteiger partial charge in [0.1, 0.15) is 11.6 Å². The van der Waals surface area contributed by atoms with Crippen LogP contribution in [0.3, 0.4) is 0 Å². The summed E-state index contributed by atoms with van der Waals surface area (Å²) in [6, 6.07) is 20.1. The molecule has 1 saturated heterocycles. The highest BCUT2D eigenvalue weighted by Gasteiger charge is 2.29. The fourth-order valence-corrected chi connectivity index (χ4v) is 5.56. The maximum absolute atomic E-state index is 13.3. The van der Waals surface area contributed by atoms with Gasteiger partial charge in [-0.25, -0.2) is 9.97 Å². The van der Waals surface area contributed by atoms with Gasteiger partial charge in [0.15, 0.2) is 0 Å². The van der Waals surface area contributed by atoms with Gasteiger partial charge in [-0.3, -0.25) is 4.79 Å². The minimum Gasteiger partial charge on any atom is -0.385 e. The van der Waals surface area contributed by atoms with Gasteiger partial charge < -0.3 is 25.7 Å². The van der Waals surface area contributed by atoms with Crippen molar-refractivity contribution >= 4 is 22.8 Å². The molecule has 0 radical (unpaired) electrons. The molecule has 1 fully saturated rings. The number of methoxy groups -OCH3 is 1. The Bertz CT molecular complexity index is 1380. The van der Waals surface area contributed by atoms with Crippen LogP contribution in [0.15, 0.2) is 66.9 Å². The van der Waals surface area contributed by atoms with Crippen molar-refractivity contribution in [1.82, 2.24) is 19.4 Å². The molecule has 8 nitrogen and oxygen atoms in total. The fraction of sp³-hybridized carbons (Fsp3) is 0.387. The van der Waals surface area contributed by atoms with Crippen LogP contribution in [0.4, 0.5) is 5.82 Å². The average molecular weight is 527 g/mol. The predicted molar refractivity (Wildman–Crippen MR) is 155 cm³/mol. The number of piperidine rings is 1. The van der Waals surface area contributed by atoms with E-state index in [-0.39, 0.29) is 17.9 Å². The number of ether oxygens (including phenoxy) is 1. The third-order valence-corrected chi connectivity index (χ3v) is 7.56. The summed E-state index contributed by atoms with van der Waals surface area (Å²) in [6.45, 7) is 3.02. The van der Waals surface area contributed by atoms with Gasteiger partial charge in [-0.1, -0.05) is 36.4 Å². The zero-order chi connectivity index (χ0) is 27.2. The number of pyridine rings is 1. The summed E-state index contributed by atoms with van der Waals surface area (Å²) in [5.41, 5.74) is 17.5. The molecule has 204 valence electrons. The van der Waals surface area contributed by atoms with Crippen molar-refractivity contribution in [3.8, 4) is 11.1 Å². The van der Waals surface area contributed by atoms with Gasteiger partial charge in [-0.15, -0.1) is 0 Å². The van der Waals surface area contributed by atoms with Crippen molar-refractivity contribution < 1.29 is 9.53 Å². The maximum atomic E-state index is 13.3. The van der Waals surface area contributed by atoms with Crippen LogP contribution >= 0.6 is 0 Å². The van der Waals surface area contributed by atoms with E-state index in [9.17, 15) is 4.79 Å². The second-order valence-corrected chi connectivity index (χ2v) is 10.5. The second-order valence-electron chi connectivity index (χ2n) is 10.5. The molecule has 39 heavy (non-hydrogen) atoms. The van der Waals surface area contributed by atoms with Gasteiger partial charge in [0.05, 0.1) is 11.0 Å².